The van der Waals surface area contributed by atoms with Gasteiger partial charge in [0, 0.05) is 32.7 Å². The fraction of sp³-hybridized carbons (Fsp3) is 0.500. The van der Waals surface area contributed by atoms with Gasteiger partial charge >= 0.3 is 5.97 Å². The monoisotopic (exact) mass is 471 g/mol. The van der Waals surface area contributed by atoms with E-state index in [9.17, 15) is 15.0 Å². The third-order valence-electron chi connectivity index (χ3n) is 5.55. The van der Waals surface area contributed by atoms with Crippen LogP contribution in [-0.2, 0) is 9.47 Å². The van der Waals surface area contributed by atoms with Crippen LogP contribution in [0.1, 0.15) is 42.4 Å². The first-order chi connectivity index (χ1) is 16.5. The molecule has 0 spiro atoms. The summed E-state index contributed by atoms with van der Waals surface area (Å²) in [7, 11) is 1.67. The number of aliphatic hydroxyl groups excluding tert-OH is 1. The number of nitrogens with zero attached hydrogens (tertiary/aromatic N) is 4. The minimum Gasteiger partial charge on any atom is -0.477 e. The van der Waals surface area contributed by atoms with Crippen LogP contribution in [0.3, 0.4) is 0 Å². The third-order valence-corrected chi connectivity index (χ3v) is 5.55. The standard InChI is InChI=1S/C24H33N5O5/c1-4-17(15-33-3)7-5-6-16(2)20-22-21(28-24(27-20)29-9-12-34-13-10-29)18(25-8-11-30)14-19(26-22)23(31)32/h5-7,14,16,30H,4,8-13,15H2,1-3H3,(H,25,26)(H,31,32)/b6-5-,17-7+. The number of allylic oxidation sites excluding steroid dienone is 3. The summed E-state index contributed by atoms with van der Waals surface area (Å²) in [6.07, 6.45) is 6.88. The number of fused-ring (bicyclic) bond motifs is 1. The molecule has 1 fully saturated rings. The van der Waals surface area contributed by atoms with Crippen molar-refractivity contribution in [1.29, 1.82) is 0 Å². The molecule has 3 rings (SSSR count). The minimum atomic E-state index is -1.14. The Morgan fingerprint density at radius 2 is 2.06 bits per heavy atom. The number of methoxy groups -OCH3 is 1. The Morgan fingerprint density at radius 1 is 1.29 bits per heavy atom. The van der Waals surface area contributed by atoms with Crippen molar-refractivity contribution >= 4 is 28.6 Å². The molecule has 0 aromatic carbocycles. The smallest absolute Gasteiger partial charge is 0.354 e. The van der Waals surface area contributed by atoms with Crippen LogP contribution in [0.5, 0.6) is 0 Å². The molecular weight excluding hydrogens is 438 g/mol. The fourth-order valence-corrected chi connectivity index (χ4v) is 3.68. The number of anilines is 2. The first-order valence-electron chi connectivity index (χ1n) is 11.5. The van der Waals surface area contributed by atoms with Gasteiger partial charge in [0.2, 0.25) is 5.95 Å². The molecular formula is C24H33N5O5. The fourth-order valence-electron chi connectivity index (χ4n) is 3.68. The molecule has 1 atom stereocenters. The van der Waals surface area contributed by atoms with Gasteiger partial charge in [-0.2, -0.15) is 0 Å². The number of carboxylic acids is 1. The lowest BCUT2D eigenvalue weighted by molar-refractivity contribution is 0.0691. The van der Waals surface area contributed by atoms with Crippen LogP contribution in [-0.4, -0.2) is 84.3 Å². The number of rotatable bonds is 11. The van der Waals surface area contributed by atoms with Crippen LogP contribution >= 0.6 is 0 Å². The Morgan fingerprint density at radius 3 is 2.71 bits per heavy atom. The lowest BCUT2D eigenvalue weighted by Gasteiger charge is -2.28. The molecule has 3 N–H and O–H groups in total. The Balaban J connectivity index is 2.14. The van der Waals surface area contributed by atoms with Crippen molar-refractivity contribution in [3.8, 4) is 0 Å². The van der Waals surface area contributed by atoms with Crippen molar-refractivity contribution in [2.45, 2.75) is 26.2 Å². The summed E-state index contributed by atoms with van der Waals surface area (Å²) in [4.78, 5) is 27.8. The number of morpholine rings is 1. The quantitative estimate of drug-likeness (QED) is 0.420. The van der Waals surface area contributed by atoms with E-state index >= 15 is 0 Å². The number of hydrogen-bond acceptors (Lipinski definition) is 9. The van der Waals surface area contributed by atoms with Gasteiger partial charge in [0.1, 0.15) is 11.0 Å². The second-order valence-corrected chi connectivity index (χ2v) is 8.00. The molecule has 0 aliphatic carbocycles. The van der Waals surface area contributed by atoms with Crippen molar-refractivity contribution in [1.82, 2.24) is 15.0 Å². The Labute approximate surface area is 199 Å². The van der Waals surface area contributed by atoms with Crippen LogP contribution in [0, 0.1) is 0 Å². The van der Waals surface area contributed by atoms with Crippen LogP contribution in [0.2, 0.25) is 0 Å². The zero-order chi connectivity index (χ0) is 24.5. The molecule has 2 aromatic heterocycles. The van der Waals surface area contributed by atoms with E-state index in [4.69, 9.17) is 19.4 Å². The average molecular weight is 472 g/mol. The highest BCUT2D eigenvalue weighted by Gasteiger charge is 2.22. The lowest BCUT2D eigenvalue weighted by Crippen LogP contribution is -2.37. The van der Waals surface area contributed by atoms with E-state index in [1.54, 1.807) is 7.11 Å². The molecule has 2 aromatic rings. The maximum Gasteiger partial charge on any atom is 0.354 e. The largest absolute Gasteiger partial charge is 0.477 e. The van der Waals surface area contributed by atoms with Gasteiger partial charge in [-0.1, -0.05) is 32.1 Å². The molecule has 1 saturated heterocycles. The Hall–Kier alpha value is -3.08. The van der Waals surface area contributed by atoms with Gasteiger partial charge in [-0.15, -0.1) is 0 Å². The minimum absolute atomic E-state index is 0.104. The number of nitrogens with one attached hydrogen (secondary N) is 1. The zero-order valence-electron chi connectivity index (χ0n) is 20.0. The molecule has 0 saturated carbocycles. The third kappa shape index (κ3) is 6.28. The van der Waals surface area contributed by atoms with Crippen molar-refractivity contribution < 1.29 is 24.5 Å². The maximum absolute atomic E-state index is 11.8. The van der Waals surface area contributed by atoms with Gasteiger partial charge in [-0.25, -0.2) is 19.7 Å². The zero-order valence-corrected chi connectivity index (χ0v) is 20.0. The van der Waals surface area contributed by atoms with E-state index in [1.807, 2.05) is 25.2 Å². The first-order valence-corrected chi connectivity index (χ1v) is 11.5. The van der Waals surface area contributed by atoms with Gasteiger partial charge in [0.15, 0.2) is 5.69 Å². The van der Waals surface area contributed by atoms with E-state index in [0.717, 1.165) is 12.0 Å². The number of ether oxygens (including phenoxy) is 2. The van der Waals surface area contributed by atoms with Gasteiger partial charge in [-0.3, -0.25) is 0 Å². The van der Waals surface area contributed by atoms with E-state index in [1.165, 1.54) is 6.07 Å². The van der Waals surface area contributed by atoms with Crippen LogP contribution < -0.4 is 10.2 Å². The summed E-state index contributed by atoms with van der Waals surface area (Å²) in [6, 6.07) is 1.45. The molecule has 1 unspecified atom stereocenters. The van der Waals surface area contributed by atoms with Gasteiger partial charge in [0.25, 0.3) is 0 Å². The summed E-state index contributed by atoms with van der Waals surface area (Å²) in [6.45, 7) is 7.28. The molecule has 184 valence electrons. The van der Waals surface area contributed by atoms with E-state index in [-0.39, 0.29) is 24.8 Å². The summed E-state index contributed by atoms with van der Waals surface area (Å²) in [5.41, 5.74) is 3.13. The molecule has 10 heteroatoms. The maximum atomic E-state index is 11.8. The predicted octanol–water partition coefficient (Wildman–Crippen LogP) is 2.61. The number of carbonyl (C=O) groups is 1. The summed E-state index contributed by atoms with van der Waals surface area (Å²) < 4.78 is 10.7. The topological polar surface area (TPSA) is 130 Å². The molecule has 0 bridgehead atoms. The van der Waals surface area contributed by atoms with Crippen LogP contribution in [0.4, 0.5) is 11.6 Å². The van der Waals surface area contributed by atoms with Gasteiger partial charge < -0.3 is 29.9 Å². The second kappa shape index (κ2) is 12.4. The van der Waals surface area contributed by atoms with E-state index < -0.39 is 5.97 Å². The highest BCUT2D eigenvalue weighted by Crippen LogP contribution is 2.30. The number of carboxylic acid groups (broad SMARTS) is 1. The molecule has 0 amide bonds. The van der Waals surface area contributed by atoms with E-state index in [0.29, 0.717) is 61.3 Å². The van der Waals surface area contributed by atoms with Crippen molar-refractivity contribution in [2.75, 3.05) is 63.4 Å². The van der Waals surface area contributed by atoms with E-state index in [2.05, 4.69) is 22.1 Å². The van der Waals surface area contributed by atoms with Gasteiger partial charge in [-0.05, 0) is 18.1 Å². The molecule has 0 radical (unpaired) electrons. The van der Waals surface area contributed by atoms with Crippen molar-refractivity contribution in [3.63, 3.8) is 0 Å². The highest BCUT2D eigenvalue weighted by molar-refractivity contribution is 5.96. The first kappa shape index (κ1) is 25.5. The summed E-state index contributed by atoms with van der Waals surface area (Å²) in [5, 5.41) is 22.0. The molecule has 34 heavy (non-hydrogen) atoms. The summed E-state index contributed by atoms with van der Waals surface area (Å²) >= 11 is 0. The lowest BCUT2D eigenvalue weighted by atomic mass is 10.0. The SMILES string of the molecule is CC/C(=C\C=C/C(C)c1nc(N2CCOCC2)nc2c(NCCO)cc(C(=O)O)nc12)COC. The number of pyridine rings is 1. The highest BCUT2D eigenvalue weighted by atomic mass is 16.5. The number of aromatic nitrogens is 3. The molecule has 3 heterocycles. The van der Waals surface area contributed by atoms with Crippen molar-refractivity contribution in [3.05, 3.63) is 41.3 Å². The second-order valence-electron chi connectivity index (χ2n) is 8.00. The Kier molecular flexibility index (Phi) is 9.32. The average Bonchev–Trinajstić information content (AvgIpc) is 2.86. The van der Waals surface area contributed by atoms with Crippen LogP contribution in [0.15, 0.2) is 29.9 Å². The normalized spacial score (nSPS) is 15.8. The number of aromatic carboxylic acids is 1. The predicted molar refractivity (Wildman–Crippen MR) is 131 cm³/mol. The van der Waals surface area contributed by atoms with Crippen molar-refractivity contribution in [2.24, 2.45) is 0 Å². The molecule has 1 aliphatic heterocycles. The molecule has 10 nitrogen and oxygen atoms in total. The Bertz CT molecular complexity index is 1050. The van der Waals surface area contributed by atoms with Gasteiger partial charge in [0.05, 0.1) is 37.8 Å². The summed E-state index contributed by atoms with van der Waals surface area (Å²) in [5.74, 6) is -0.757. The molecule has 1 aliphatic rings. The number of hydrogen-bond donors (Lipinski definition) is 3. The number of aliphatic hydroxyl groups is 1. The van der Waals surface area contributed by atoms with Crippen LogP contribution in [0.25, 0.3) is 11.0 Å².